The van der Waals surface area contributed by atoms with E-state index >= 15 is 0 Å². The molecule has 0 unspecified atom stereocenters. The predicted molar refractivity (Wildman–Crippen MR) is 81.2 cm³/mol. The maximum Gasteiger partial charge on any atom is -0.0184 e. The Hall–Kier alpha value is -0.560. The summed E-state index contributed by atoms with van der Waals surface area (Å²) in [6, 6.07) is 16.7. The minimum Gasteiger partial charge on any atom is -0.0616 e. The molecule has 2 aromatic carbocycles. The Morgan fingerprint density at radius 1 is 0.727 bits per heavy atom. The SMILES string of the molecule is O=S(=O)(O)OCOS(=O)(=O)O.[NaH].c1ccc2ccccc2c1. The van der Waals surface area contributed by atoms with Gasteiger partial charge in [-0.05, 0) is 10.8 Å². The van der Waals surface area contributed by atoms with Crippen LogP contribution in [0.25, 0.3) is 10.8 Å². The molecule has 8 nitrogen and oxygen atoms in total. The molecule has 0 aromatic heterocycles. The Morgan fingerprint density at radius 3 is 1.23 bits per heavy atom. The first kappa shape index (κ1) is 21.4. The molecule has 2 aromatic rings. The number of hydrogen-bond donors (Lipinski definition) is 2. The van der Waals surface area contributed by atoms with Gasteiger partial charge in [0.1, 0.15) is 0 Å². The number of rotatable bonds is 4. The van der Waals surface area contributed by atoms with E-state index in [0.717, 1.165) is 0 Å². The Kier molecular flexibility index (Phi) is 9.31. The minimum absolute atomic E-state index is 0. The molecule has 0 aliphatic carbocycles. The van der Waals surface area contributed by atoms with Crippen LogP contribution in [0.1, 0.15) is 0 Å². The third-order valence-corrected chi connectivity index (χ3v) is 2.84. The summed E-state index contributed by atoms with van der Waals surface area (Å²) in [7, 11) is -9.49. The smallest absolute Gasteiger partial charge is 0.0184 e. The summed E-state index contributed by atoms with van der Waals surface area (Å²) in [6.07, 6.45) is 0. The molecule has 0 spiro atoms. The van der Waals surface area contributed by atoms with E-state index in [1.807, 2.05) is 0 Å². The molecule has 118 valence electrons. The van der Waals surface area contributed by atoms with Gasteiger partial charge in [-0.2, -0.15) is 16.8 Å². The zero-order chi connectivity index (χ0) is 15.9. The zero-order valence-corrected chi connectivity index (χ0v) is 12.1. The molecule has 0 saturated carbocycles. The quantitative estimate of drug-likeness (QED) is 0.465. The Labute approximate surface area is 150 Å². The Balaban J connectivity index is 0.000000383. The van der Waals surface area contributed by atoms with Gasteiger partial charge < -0.3 is 0 Å². The molecule has 0 saturated heterocycles. The maximum atomic E-state index is 9.69. The van der Waals surface area contributed by atoms with Crippen molar-refractivity contribution in [1.29, 1.82) is 0 Å². The van der Waals surface area contributed by atoms with Crippen LogP contribution < -0.4 is 0 Å². The second-order valence-electron chi connectivity index (χ2n) is 3.56. The van der Waals surface area contributed by atoms with Gasteiger partial charge in [-0.3, -0.25) is 9.11 Å². The van der Waals surface area contributed by atoms with E-state index in [0.29, 0.717) is 0 Å². The molecule has 0 amide bonds. The average Bonchev–Trinajstić information content (AvgIpc) is 2.36. The molecule has 22 heavy (non-hydrogen) atoms. The molecule has 0 fully saturated rings. The van der Waals surface area contributed by atoms with Crippen molar-refractivity contribution >= 4 is 61.1 Å². The van der Waals surface area contributed by atoms with Crippen molar-refractivity contribution in [2.24, 2.45) is 0 Å². The van der Waals surface area contributed by atoms with Crippen LogP contribution in [-0.2, 0) is 29.2 Å². The summed E-state index contributed by atoms with van der Waals surface area (Å²) in [5.41, 5.74) is 0. The van der Waals surface area contributed by atoms with Crippen molar-refractivity contribution in [2.75, 3.05) is 6.79 Å². The molecule has 0 radical (unpaired) electrons. The van der Waals surface area contributed by atoms with Gasteiger partial charge in [-0.1, -0.05) is 48.5 Å². The summed E-state index contributed by atoms with van der Waals surface area (Å²) in [5.74, 6) is 0. The molecule has 0 aliphatic heterocycles. The molecule has 2 N–H and O–H groups in total. The van der Waals surface area contributed by atoms with Crippen LogP contribution in [0.15, 0.2) is 48.5 Å². The van der Waals surface area contributed by atoms with Crippen molar-refractivity contribution < 1.29 is 34.3 Å². The van der Waals surface area contributed by atoms with Gasteiger partial charge in [0.2, 0.25) is 0 Å². The average molecular weight is 360 g/mol. The van der Waals surface area contributed by atoms with Crippen molar-refractivity contribution in [3.8, 4) is 0 Å². The van der Waals surface area contributed by atoms with Gasteiger partial charge in [-0.15, -0.1) is 0 Å². The third kappa shape index (κ3) is 10.2. The van der Waals surface area contributed by atoms with Gasteiger partial charge >= 0.3 is 50.4 Å². The first-order valence-electron chi connectivity index (χ1n) is 5.35. The van der Waals surface area contributed by atoms with E-state index in [4.69, 9.17) is 9.11 Å². The second kappa shape index (κ2) is 9.55. The van der Waals surface area contributed by atoms with Gasteiger partial charge in [-0.25, -0.2) is 8.37 Å². The summed E-state index contributed by atoms with van der Waals surface area (Å²) < 4.78 is 61.1. The van der Waals surface area contributed by atoms with Gasteiger partial charge in [0.15, 0.2) is 6.79 Å². The van der Waals surface area contributed by atoms with E-state index in [1.54, 1.807) is 0 Å². The fourth-order valence-electron chi connectivity index (χ4n) is 1.27. The Bertz CT molecular complexity index is 691. The van der Waals surface area contributed by atoms with Crippen molar-refractivity contribution in [1.82, 2.24) is 0 Å². The van der Waals surface area contributed by atoms with Gasteiger partial charge in [0.25, 0.3) is 0 Å². The van der Waals surface area contributed by atoms with Crippen LogP contribution in [0.4, 0.5) is 0 Å². The molecule has 2 rings (SSSR count). The largest absolute Gasteiger partial charge is 0.0616 e. The Morgan fingerprint density at radius 2 is 1.00 bits per heavy atom. The number of hydrogen-bond acceptors (Lipinski definition) is 6. The maximum absolute atomic E-state index is 9.69. The molecule has 0 atom stereocenters. The molecular weight excluding hydrogens is 347 g/mol. The summed E-state index contributed by atoms with van der Waals surface area (Å²) in [4.78, 5) is 0. The second-order valence-corrected chi connectivity index (χ2v) is 5.74. The van der Waals surface area contributed by atoms with E-state index < -0.39 is 27.6 Å². The number of fused-ring (bicyclic) bond motifs is 1. The van der Waals surface area contributed by atoms with Crippen molar-refractivity contribution in [2.45, 2.75) is 0 Å². The third-order valence-electron chi connectivity index (χ3n) is 2.05. The topological polar surface area (TPSA) is 127 Å². The molecular formula is C11H13NaO8S2. The van der Waals surface area contributed by atoms with Gasteiger partial charge in [0, 0.05) is 0 Å². The fraction of sp³-hybridized carbons (Fsp3) is 0.0909. The van der Waals surface area contributed by atoms with Crippen LogP contribution >= 0.6 is 0 Å². The summed E-state index contributed by atoms with van der Waals surface area (Å²) >= 11 is 0. The van der Waals surface area contributed by atoms with Crippen molar-refractivity contribution in [3.63, 3.8) is 0 Å². The molecule has 11 heteroatoms. The summed E-state index contributed by atoms with van der Waals surface area (Å²) in [6.45, 7) is -1.31. The van der Waals surface area contributed by atoms with Gasteiger partial charge in [0.05, 0.1) is 0 Å². The van der Waals surface area contributed by atoms with Crippen molar-refractivity contribution in [3.05, 3.63) is 48.5 Å². The zero-order valence-electron chi connectivity index (χ0n) is 10.5. The van der Waals surface area contributed by atoms with Crippen LogP contribution in [0.5, 0.6) is 0 Å². The molecule has 0 bridgehead atoms. The first-order chi connectivity index (χ1) is 9.67. The van der Waals surface area contributed by atoms with Crippen LogP contribution in [0.2, 0.25) is 0 Å². The standard InChI is InChI=1S/C10H8.CH4O8S2.Na.H/c1-2-6-10-8-4-3-7-9(10)5-1;2-10(3,4)8-1-9-11(5,6)7;;/h1-8H;1H2,(H,2,3,4)(H,5,6,7);;. The van der Waals surface area contributed by atoms with E-state index in [2.05, 4.69) is 56.9 Å². The molecule has 0 heterocycles. The fourth-order valence-corrected chi connectivity index (χ4v) is 1.67. The normalized spacial score (nSPS) is 11.2. The van der Waals surface area contributed by atoms with E-state index in [-0.39, 0.29) is 29.6 Å². The van der Waals surface area contributed by atoms with Crippen LogP contribution in [-0.4, -0.2) is 62.3 Å². The minimum atomic E-state index is -4.75. The summed E-state index contributed by atoms with van der Waals surface area (Å²) in [5, 5.41) is 2.62. The molecule has 0 aliphatic rings. The van der Waals surface area contributed by atoms with E-state index in [9.17, 15) is 16.8 Å². The monoisotopic (exact) mass is 360 g/mol. The van der Waals surface area contributed by atoms with Crippen LogP contribution in [0, 0.1) is 0 Å². The van der Waals surface area contributed by atoms with Crippen LogP contribution in [0.3, 0.4) is 0 Å². The number of benzene rings is 2. The first-order valence-corrected chi connectivity index (χ1v) is 8.08. The predicted octanol–water partition coefficient (Wildman–Crippen LogP) is 0.774. The van der Waals surface area contributed by atoms with E-state index in [1.165, 1.54) is 10.8 Å².